The molecule has 0 aliphatic heterocycles. The van der Waals surface area contributed by atoms with Crippen molar-refractivity contribution in [3.05, 3.63) is 0 Å². The topological polar surface area (TPSA) is 43.1 Å². The van der Waals surface area contributed by atoms with Crippen LogP contribution in [0.2, 0.25) is 0 Å². The molecule has 0 bridgehead atoms. The maximum atomic E-state index is 10.5. The highest BCUT2D eigenvalue weighted by Crippen LogP contribution is 2.42. The highest BCUT2D eigenvalue weighted by Gasteiger charge is 2.08. The molecule has 0 aliphatic rings. The standard InChI is InChI=1S/C3H8Cl2NOP/c4-2-1-3-8(5,6)7/h1-3H2,(H2,6,7). The minimum absolute atomic E-state index is 0.331. The lowest BCUT2D eigenvalue weighted by molar-refractivity contribution is 0.584. The SMILES string of the molecule is NP(=O)(Cl)CCCCl. The van der Waals surface area contributed by atoms with Crippen LogP contribution >= 0.6 is 29.5 Å². The summed E-state index contributed by atoms with van der Waals surface area (Å²) < 4.78 is 10.5. The van der Waals surface area contributed by atoms with Gasteiger partial charge in [0.1, 0.15) is 0 Å². The molecule has 0 saturated carbocycles. The predicted octanol–water partition coefficient (Wildman–Crippen LogP) is 2.01. The zero-order valence-corrected chi connectivity index (χ0v) is 6.72. The van der Waals surface area contributed by atoms with Crippen LogP contribution in [0.25, 0.3) is 0 Å². The van der Waals surface area contributed by atoms with E-state index in [-0.39, 0.29) is 0 Å². The number of nitrogens with two attached hydrogens (primary N) is 1. The zero-order valence-electron chi connectivity index (χ0n) is 4.31. The first-order valence-corrected chi connectivity index (χ1v) is 5.59. The van der Waals surface area contributed by atoms with Gasteiger partial charge in [-0.1, -0.05) is 0 Å². The third-order valence-corrected chi connectivity index (χ3v) is 2.30. The van der Waals surface area contributed by atoms with Crippen molar-refractivity contribution in [2.45, 2.75) is 6.42 Å². The average Bonchev–Trinajstić information content (AvgIpc) is 1.59. The molecule has 0 spiro atoms. The van der Waals surface area contributed by atoms with Crippen molar-refractivity contribution in [2.75, 3.05) is 12.0 Å². The number of hydrogen-bond donors (Lipinski definition) is 1. The molecule has 50 valence electrons. The molecule has 0 aliphatic carbocycles. The number of hydrogen-bond acceptors (Lipinski definition) is 1. The highest BCUT2D eigenvalue weighted by molar-refractivity contribution is 7.87. The van der Waals surface area contributed by atoms with E-state index < -0.39 is 6.65 Å². The minimum atomic E-state index is -2.79. The van der Waals surface area contributed by atoms with E-state index in [1.165, 1.54) is 0 Å². The van der Waals surface area contributed by atoms with E-state index in [0.29, 0.717) is 18.5 Å². The molecular weight excluding hydrogens is 168 g/mol. The largest absolute Gasteiger partial charge is 0.289 e. The molecule has 1 unspecified atom stereocenters. The van der Waals surface area contributed by atoms with Crippen LogP contribution in [0.1, 0.15) is 6.42 Å². The Hall–Kier alpha value is 0.770. The van der Waals surface area contributed by atoms with Crippen LogP contribution in [-0.4, -0.2) is 12.0 Å². The van der Waals surface area contributed by atoms with Crippen molar-refractivity contribution in [2.24, 2.45) is 5.50 Å². The van der Waals surface area contributed by atoms with Crippen molar-refractivity contribution in [1.29, 1.82) is 0 Å². The monoisotopic (exact) mass is 175 g/mol. The van der Waals surface area contributed by atoms with Crippen LogP contribution in [-0.2, 0) is 4.57 Å². The fourth-order valence-corrected chi connectivity index (χ4v) is 1.54. The lowest BCUT2D eigenvalue weighted by Gasteiger charge is -1.98. The van der Waals surface area contributed by atoms with E-state index in [4.69, 9.17) is 28.3 Å². The summed E-state index contributed by atoms with van der Waals surface area (Å²) in [6, 6.07) is 0. The maximum absolute atomic E-state index is 10.5. The van der Waals surface area contributed by atoms with Gasteiger partial charge >= 0.3 is 0 Å². The molecule has 0 rings (SSSR count). The summed E-state index contributed by atoms with van der Waals surface area (Å²) in [5.74, 6) is 0.466. The Morgan fingerprint density at radius 2 is 2.12 bits per heavy atom. The van der Waals surface area contributed by atoms with Gasteiger partial charge in [0.2, 0.25) is 6.65 Å². The normalized spacial score (nSPS) is 17.9. The zero-order chi connectivity index (χ0) is 6.62. The Bertz CT molecular complexity index is 101. The molecule has 0 radical (unpaired) electrons. The maximum Gasteiger partial charge on any atom is 0.229 e. The third kappa shape index (κ3) is 6.77. The fraction of sp³-hybridized carbons (Fsp3) is 1.00. The van der Waals surface area contributed by atoms with Gasteiger partial charge in [-0.15, -0.1) is 11.6 Å². The van der Waals surface area contributed by atoms with Crippen LogP contribution in [0, 0.1) is 0 Å². The van der Waals surface area contributed by atoms with Gasteiger partial charge in [-0.25, -0.2) is 0 Å². The van der Waals surface area contributed by atoms with E-state index >= 15 is 0 Å². The van der Waals surface area contributed by atoms with Crippen LogP contribution in [0.4, 0.5) is 0 Å². The van der Waals surface area contributed by atoms with Crippen LogP contribution in [0.3, 0.4) is 0 Å². The first kappa shape index (κ1) is 8.77. The van der Waals surface area contributed by atoms with Crippen molar-refractivity contribution in [1.82, 2.24) is 0 Å². The van der Waals surface area contributed by atoms with Gasteiger partial charge in [0.25, 0.3) is 0 Å². The lowest BCUT2D eigenvalue weighted by Crippen LogP contribution is -1.93. The molecular formula is C3H8Cl2NOP. The van der Waals surface area contributed by atoms with Crippen molar-refractivity contribution in [3.63, 3.8) is 0 Å². The Morgan fingerprint density at radius 3 is 2.25 bits per heavy atom. The van der Waals surface area contributed by atoms with E-state index in [2.05, 4.69) is 0 Å². The summed E-state index contributed by atoms with van der Waals surface area (Å²) in [7, 11) is 0. The summed E-state index contributed by atoms with van der Waals surface area (Å²) in [5.41, 5.74) is 4.98. The van der Waals surface area contributed by atoms with E-state index in [0.717, 1.165) is 0 Å². The van der Waals surface area contributed by atoms with Crippen LogP contribution < -0.4 is 5.50 Å². The van der Waals surface area contributed by atoms with Crippen molar-refractivity contribution >= 4 is 29.5 Å². The molecule has 0 aromatic heterocycles. The minimum Gasteiger partial charge on any atom is -0.289 e. The molecule has 5 heteroatoms. The van der Waals surface area contributed by atoms with Crippen molar-refractivity contribution in [3.8, 4) is 0 Å². The Balaban J connectivity index is 3.26. The smallest absolute Gasteiger partial charge is 0.229 e. The van der Waals surface area contributed by atoms with Crippen molar-refractivity contribution < 1.29 is 4.57 Å². The second-order valence-corrected chi connectivity index (χ2v) is 5.42. The molecule has 0 aromatic rings. The molecule has 0 fully saturated rings. The quantitative estimate of drug-likeness (QED) is 0.527. The second kappa shape index (κ2) is 3.73. The number of rotatable bonds is 3. The fourth-order valence-electron chi connectivity index (χ4n) is 0.275. The molecule has 0 aromatic carbocycles. The van der Waals surface area contributed by atoms with E-state index in [1.54, 1.807) is 0 Å². The van der Waals surface area contributed by atoms with Gasteiger partial charge < -0.3 is 0 Å². The Kier molecular flexibility index (Phi) is 4.09. The van der Waals surface area contributed by atoms with E-state index in [1.807, 2.05) is 0 Å². The number of halogens is 2. The third-order valence-electron chi connectivity index (χ3n) is 0.597. The van der Waals surface area contributed by atoms with Crippen LogP contribution in [0.15, 0.2) is 0 Å². The Morgan fingerprint density at radius 1 is 1.62 bits per heavy atom. The van der Waals surface area contributed by atoms with Crippen LogP contribution in [0.5, 0.6) is 0 Å². The molecule has 2 nitrogen and oxygen atoms in total. The number of alkyl halides is 1. The average molecular weight is 176 g/mol. The summed E-state index contributed by atoms with van der Waals surface area (Å²) in [4.78, 5) is 0. The molecule has 0 saturated heterocycles. The molecule has 0 heterocycles. The van der Waals surface area contributed by atoms with Gasteiger partial charge in [0.05, 0.1) is 0 Å². The molecule has 1 atom stereocenters. The van der Waals surface area contributed by atoms with Gasteiger partial charge in [-0.3, -0.25) is 10.1 Å². The summed E-state index contributed by atoms with van der Waals surface area (Å²) in [5, 5.41) is 0. The lowest BCUT2D eigenvalue weighted by atomic mass is 10.6. The predicted molar refractivity (Wildman–Crippen MR) is 37.9 cm³/mol. The second-order valence-electron chi connectivity index (χ2n) is 1.47. The van der Waals surface area contributed by atoms with Gasteiger partial charge in [-0.05, 0) is 17.7 Å². The van der Waals surface area contributed by atoms with E-state index in [9.17, 15) is 4.57 Å². The summed E-state index contributed by atoms with van der Waals surface area (Å²) in [6.45, 7) is -2.79. The first-order valence-electron chi connectivity index (χ1n) is 2.19. The molecule has 2 N–H and O–H groups in total. The van der Waals surface area contributed by atoms with Gasteiger partial charge in [-0.2, -0.15) is 0 Å². The molecule has 8 heavy (non-hydrogen) atoms. The van der Waals surface area contributed by atoms with Gasteiger partial charge in [0, 0.05) is 12.0 Å². The summed E-state index contributed by atoms with van der Waals surface area (Å²) in [6.07, 6.45) is 0.955. The molecule has 0 amide bonds. The Labute approximate surface area is 58.6 Å². The first-order chi connectivity index (χ1) is 3.56. The summed E-state index contributed by atoms with van der Waals surface area (Å²) >= 11 is 10.5. The highest BCUT2D eigenvalue weighted by atomic mass is 35.7. The van der Waals surface area contributed by atoms with Gasteiger partial charge in [0.15, 0.2) is 0 Å².